The highest BCUT2D eigenvalue weighted by Crippen LogP contribution is 2.28. The van der Waals surface area contributed by atoms with Gasteiger partial charge < -0.3 is 9.64 Å². The van der Waals surface area contributed by atoms with Gasteiger partial charge in [-0.2, -0.15) is 5.26 Å². The number of carbonyl (C=O) groups excluding carboxylic acids is 1. The molecule has 0 bridgehead atoms. The number of hydrogen-bond donors (Lipinski definition) is 0. The van der Waals surface area contributed by atoms with Gasteiger partial charge in [0.15, 0.2) is 5.75 Å². The highest BCUT2D eigenvalue weighted by Gasteiger charge is 2.25. The normalized spacial score (nSPS) is 13.9. The molecule has 0 aliphatic heterocycles. The minimum atomic E-state index is -0.223. The zero-order valence-corrected chi connectivity index (χ0v) is 9.80. The third-order valence-corrected chi connectivity index (χ3v) is 2.43. The molecule has 1 saturated carbocycles. The Morgan fingerprint density at radius 3 is 2.82 bits per heavy atom. The van der Waals surface area contributed by atoms with E-state index in [4.69, 9.17) is 10.00 Å². The van der Waals surface area contributed by atoms with Crippen LogP contribution in [0.3, 0.4) is 0 Å². The summed E-state index contributed by atoms with van der Waals surface area (Å²) in [6.07, 6.45) is 3.69. The summed E-state index contributed by atoms with van der Waals surface area (Å²) in [4.78, 5) is 17.1. The van der Waals surface area contributed by atoms with Gasteiger partial charge in [0.2, 0.25) is 0 Å². The van der Waals surface area contributed by atoms with Gasteiger partial charge in [0, 0.05) is 14.1 Å². The average molecular weight is 231 g/mol. The summed E-state index contributed by atoms with van der Waals surface area (Å²) < 4.78 is 5.53. The van der Waals surface area contributed by atoms with E-state index < -0.39 is 0 Å². The largest absolute Gasteiger partial charge is 0.487 e. The van der Waals surface area contributed by atoms with Gasteiger partial charge in [-0.15, -0.1) is 0 Å². The minimum absolute atomic E-state index is 0.208. The van der Waals surface area contributed by atoms with Gasteiger partial charge in [0.1, 0.15) is 11.8 Å². The maximum absolute atomic E-state index is 11.7. The maximum atomic E-state index is 11.7. The predicted molar refractivity (Wildman–Crippen MR) is 60.6 cm³/mol. The van der Waals surface area contributed by atoms with Gasteiger partial charge in [-0.1, -0.05) is 0 Å². The second-order valence-electron chi connectivity index (χ2n) is 4.19. The first kappa shape index (κ1) is 11.4. The van der Waals surface area contributed by atoms with Gasteiger partial charge >= 0.3 is 0 Å². The Morgan fingerprint density at radius 2 is 2.29 bits per heavy atom. The van der Waals surface area contributed by atoms with Crippen LogP contribution in [0.4, 0.5) is 0 Å². The molecule has 0 saturated heterocycles. The topological polar surface area (TPSA) is 66.2 Å². The predicted octanol–water partition coefficient (Wildman–Crippen LogP) is 1.20. The molecule has 1 aliphatic carbocycles. The van der Waals surface area contributed by atoms with Crippen molar-refractivity contribution in [2.45, 2.75) is 18.9 Å². The molecular formula is C12H13N3O2. The fourth-order valence-corrected chi connectivity index (χ4v) is 1.34. The fraction of sp³-hybridized carbons (Fsp3) is 0.417. The van der Waals surface area contributed by atoms with Crippen LogP contribution < -0.4 is 4.74 Å². The van der Waals surface area contributed by atoms with E-state index in [9.17, 15) is 4.79 Å². The second kappa shape index (κ2) is 4.42. The van der Waals surface area contributed by atoms with Crippen molar-refractivity contribution in [1.29, 1.82) is 5.26 Å². The molecule has 5 nitrogen and oxygen atoms in total. The lowest BCUT2D eigenvalue weighted by atomic mass is 10.2. The monoisotopic (exact) mass is 231 g/mol. The van der Waals surface area contributed by atoms with Crippen molar-refractivity contribution in [1.82, 2.24) is 9.88 Å². The molecule has 17 heavy (non-hydrogen) atoms. The lowest BCUT2D eigenvalue weighted by Gasteiger charge is -2.11. The van der Waals surface area contributed by atoms with Crippen molar-refractivity contribution in [3.8, 4) is 11.8 Å². The van der Waals surface area contributed by atoms with Crippen LogP contribution in [0, 0.1) is 11.3 Å². The van der Waals surface area contributed by atoms with Crippen LogP contribution in [0.15, 0.2) is 12.3 Å². The Bertz CT molecular complexity index is 487. The highest BCUT2D eigenvalue weighted by atomic mass is 16.5. The second-order valence-corrected chi connectivity index (χ2v) is 4.19. The van der Waals surface area contributed by atoms with E-state index in [-0.39, 0.29) is 17.7 Å². The highest BCUT2D eigenvalue weighted by molar-refractivity contribution is 5.92. The summed E-state index contributed by atoms with van der Waals surface area (Å²) in [5, 5.41) is 9.01. The van der Waals surface area contributed by atoms with E-state index in [1.54, 1.807) is 14.1 Å². The summed E-state index contributed by atoms with van der Waals surface area (Å²) in [5.41, 5.74) is 0.617. The lowest BCUT2D eigenvalue weighted by Crippen LogP contribution is -2.22. The first-order valence-corrected chi connectivity index (χ1v) is 5.40. The quantitative estimate of drug-likeness (QED) is 0.783. The average Bonchev–Trinajstić information content (AvgIpc) is 3.12. The molecule has 1 heterocycles. The maximum Gasteiger partial charge on any atom is 0.271 e. The summed E-state index contributed by atoms with van der Waals surface area (Å²) in [7, 11) is 3.29. The number of hydrogen-bond acceptors (Lipinski definition) is 4. The standard InChI is InChI=1S/C12H13N3O2/c1-15(2)12(16)10-5-8(6-13)11(7-14-10)17-9-3-4-9/h5,7,9H,3-4H2,1-2H3. The summed E-state index contributed by atoms with van der Waals surface area (Å²) in [6.45, 7) is 0. The van der Waals surface area contributed by atoms with Crippen molar-refractivity contribution in [3.05, 3.63) is 23.5 Å². The zero-order valence-electron chi connectivity index (χ0n) is 9.80. The number of nitriles is 1. The van der Waals surface area contributed by atoms with Crippen LogP contribution in [0.1, 0.15) is 28.9 Å². The van der Waals surface area contributed by atoms with Crippen LogP contribution in [0.25, 0.3) is 0 Å². The van der Waals surface area contributed by atoms with Crippen LogP contribution in [0.2, 0.25) is 0 Å². The van der Waals surface area contributed by atoms with Crippen molar-refractivity contribution < 1.29 is 9.53 Å². The first-order chi connectivity index (χ1) is 8.11. The molecule has 5 heteroatoms. The first-order valence-electron chi connectivity index (χ1n) is 5.40. The van der Waals surface area contributed by atoms with Crippen LogP contribution in [-0.2, 0) is 0 Å². The zero-order chi connectivity index (χ0) is 12.4. The number of nitrogens with zero attached hydrogens (tertiary/aromatic N) is 3. The number of ether oxygens (including phenoxy) is 1. The van der Waals surface area contributed by atoms with Crippen molar-refractivity contribution in [2.75, 3.05) is 14.1 Å². The van der Waals surface area contributed by atoms with Crippen molar-refractivity contribution >= 4 is 5.91 Å². The molecule has 0 spiro atoms. The summed E-state index contributed by atoms with van der Waals surface area (Å²) in [6, 6.07) is 3.50. The molecule has 0 N–H and O–H groups in total. The molecule has 1 aromatic rings. The minimum Gasteiger partial charge on any atom is -0.487 e. The number of pyridine rings is 1. The van der Waals surface area contributed by atoms with Crippen molar-refractivity contribution in [3.63, 3.8) is 0 Å². The van der Waals surface area contributed by atoms with Gasteiger partial charge in [-0.3, -0.25) is 4.79 Å². The molecule has 1 amide bonds. The number of amides is 1. The van der Waals surface area contributed by atoms with Crippen LogP contribution >= 0.6 is 0 Å². The SMILES string of the molecule is CN(C)C(=O)c1cc(C#N)c(OC2CC2)cn1. The van der Waals surface area contributed by atoms with Gasteiger partial charge in [0.05, 0.1) is 17.9 Å². The summed E-state index contributed by atoms with van der Waals surface area (Å²) >= 11 is 0. The molecule has 0 radical (unpaired) electrons. The molecule has 88 valence electrons. The Hall–Kier alpha value is -2.09. The molecule has 0 unspecified atom stereocenters. The smallest absolute Gasteiger partial charge is 0.271 e. The molecule has 0 atom stereocenters. The van der Waals surface area contributed by atoms with Gasteiger partial charge in [-0.05, 0) is 18.9 Å². The van der Waals surface area contributed by atoms with E-state index in [1.165, 1.54) is 17.2 Å². The molecule has 1 aliphatic rings. The van der Waals surface area contributed by atoms with E-state index >= 15 is 0 Å². The van der Waals surface area contributed by atoms with Crippen LogP contribution in [-0.4, -0.2) is 36.0 Å². The molecule has 1 aromatic heterocycles. The Labute approximate surface area is 99.6 Å². The third-order valence-electron chi connectivity index (χ3n) is 2.43. The number of aromatic nitrogens is 1. The number of carbonyl (C=O) groups is 1. The van der Waals surface area contributed by atoms with E-state index in [0.717, 1.165) is 12.8 Å². The third kappa shape index (κ3) is 2.53. The van der Waals surface area contributed by atoms with E-state index in [2.05, 4.69) is 4.98 Å². The summed E-state index contributed by atoms with van der Waals surface area (Å²) in [5.74, 6) is 0.241. The fourth-order valence-electron chi connectivity index (χ4n) is 1.34. The van der Waals surface area contributed by atoms with E-state index in [0.29, 0.717) is 11.3 Å². The van der Waals surface area contributed by atoms with E-state index in [1.807, 2.05) is 6.07 Å². The van der Waals surface area contributed by atoms with Gasteiger partial charge in [0.25, 0.3) is 5.91 Å². The Morgan fingerprint density at radius 1 is 1.59 bits per heavy atom. The van der Waals surface area contributed by atoms with Gasteiger partial charge in [-0.25, -0.2) is 4.98 Å². The molecule has 0 aromatic carbocycles. The Kier molecular flexibility index (Phi) is 2.96. The lowest BCUT2D eigenvalue weighted by molar-refractivity contribution is 0.0822. The Balaban J connectivity index is 2.27. The van der Waals surface area contributed by atoms with Crippen LogP contribution in [0.5, 0.6) is 5.75 Å². The molecular weight excluding hydrogens is 218 g/mol. The molecule has 1 fully saturated rings. The number of rotatable bonds is 3. The van der Waals surface area contributed by atoms with Crippen molar-refractivity contribution in [2.24, 2.45) is 0 Å². The molecule has 2 rings (SSSR count).